The Morgan fingerprint density at radius 3 is 2.59 bits per heavy atom. The zero-order valence-electron chi connectivity index (χ0n) is 12.9. The minimum atomic E-state index is 0.182. The smallest absolute Gasteiger partial charge is 0.227 e. The topological polar surface area (TPSA) is 63.9 Å². The molecule has 0 fully saturated rings. The first-order valence-electron chi connectivity index (χ1n) is 7.39. The highest BCUT2D eigenvalue weighted by Gasteiger charge is 2.19. The molecule has 0 spiro atoms. The second-order valence-electron chi connectivity index (χ2n) is 5.72. The quantitative estimate of drug-likeness (QED) is 0.810. The Balaban J connectivity index is 1.65. The van der Waals surface area contributed by atoms with E-state index in [2.05, 4.69) is 29.4 Å². The van der Waals surface area contributed by atoms with Crippen LogP contribution in [0.4, 0.5) is 0 Å². The van der Waals surface area contributed by atoms with Crippen LogP contribution in [0.1, 0.15) is 25.8 Å². The van der Waals surface area contributed by atoms with E-state index in [-0.39, 0.29) is 5.91 Å². The number of tetrazole rings is 1. The van der Waals surface area contributed by atoms with Gasteiger partial charge in [0, 0.05) is 13.1 Å². The molecular weight excluding hydrogens is 278 g/mol. The van der Waals surface area contributed by atoms with E-state index < -0.39 is 0 Å². The van der Waals surface area contributed by atoms with Crippen molar-refractivity contribution in [3.63, 3.8) is 0 Å². The van der Waals surface area contributed by atoms with Gasteiger partial charge in [-0.15, -0.1) is 5.10 Å². The lowest BCUT2D eigenvalue weighted by atomic mass is 10.0. The molecule has 0 bridgehead atoms. The minimum absolute atomic E-state index is 0.182. The summed E-state index contributed by atoms with van der Waals surface area (Å²) in [5.74, 6) is 0.182. The van der Waals surface area contributed by atoms with Crippen LogP contribution >= 0.6 is 0 Å². The summed E-state index contributed by atoms with van der Waals surface area (Å²) in [6.07, 6.45) is 2.96. The van der Waals surface area contributed by atoms with Gasteiger partial charge in [0.15, 0.2) is 0 Å². The number of carbonyl (C=O) groups excluding carboxylic acids is 1. The zero-order chi connectivity index (χ0) is 15.5. The highest BCUT2D eigenvalue weighted by atomic mass is 16.2. The molecule has 0 unspecified atom stereocenters. The Morgan fingerprint density at radius 2 is 1.95 bits per heavy atom. The van der Waals surface area contributed by atoms with E-state index in [0.717, 1.165) is 30.8 Å². The molecule has 6 heteroatoms. The maximum atomic E-state index is 12.4. The first-order valence-corrected chi connectivity index (χ1v) is 7.39. The normalized spacial score (nSPS) is 15.3. The predicted molar refractivity (Wildman–Crippen MR) is 82.4 cm³/mol. The summed E-state index contributed by atoms with van der Waals surface area (Å²) in [5, 5.41) is 11.1. The second kappa shape index (κ2) is 6.09. The van der Waals surface area contributed by atoms with Crippen molar-refractivity contribution >= 4 is 5.91 Å². The number of nitrogens with zero attached hydrogens (tertiary/aromatic N) is 5. The average molecular weight is 297 g/mol. The molecule has 1 amide bonds. The molecule has 0 N–H and O–H groups in total. The van der Waals surface area contributed by atoms with Gasteiger partial charge in [0.05, 0.1) is 12.1 Å². The van der Waals surface area contributed by atoms with E-state index in [1.807, 2.05) is 29.2 Å². The van der Waals surface area contributed by atoms with E-state index >= 15 is 0 Å². The molecule has 6 nitrogen and oxygen atoms in total. The van der Waals surface area contributed by atoms with E-state index in [1.165, 1.54) is 11.1 Å². The number of amides is 1. The lowest BCUT2D eigenvalue weighted by Crippen LogP contribution is -2.37. The molecule has 22 heavy (non-hydrogen) atoms. The maximum absolute atomic E-state index is 12.4. The van der Waals surface area contributed by atoms with Crippen molar-refractivity contribution in [1.29, 1.82) is 0 Å². The molecule has 1 aromatic heterocycles. The minimum Gasteiger partial charge on any atom is -0.338 e. The third-order valence-electron chi connectivity index (χ3n) is 4.17. The molecule has 0 saturated carbocycles. The van der Waals surface area contributed by atoms with E-state index in [1.54, 1.807) is 11.0 Å². The van der Waals surface area contributed by atoms with Crippen molar-refractivity contribution < 1.29 is 4.79 Å². The average Bonchev–Trinajstić information content (AvgIpc) is 3.05. The Morgan fingerprint density at radius 1 is 1.18 bits per heavy atom. The molecule has 2 heterocycles. The molecule has 0 aliphatic carbocycles. The number of benzene rings is 1. The third kappa shape index (κ3) is 3.05. The van der Waals surface area contributed by atoms with Gasteiger partial charge in [0.1, 0.15) is 6.33 Å². The number of hydrogen-bond donors (Lipinski definition) is 0. The number of aromatic nitrogens is 4. The van der Waals surface area contributed by atoms with Crippen molar-refractivity contribution in [1.82, 2.24) is 25.1 Å². The summed E-state index contributed by atoms with van der Waals surface area (Å²) in [6, 6.07) is 7.74. The van der Waals surface area contributed by atoms with Gasteiger partial charge >= 0.3 is 0 Å². The Labute approximate surface area is 129 Å². The molecular formula is C16H19N5O. The molecule has 0 saturated heterocycles. The summed E-state index contributed by atoms with van der Waals surface area (Å²) in [4.78, 5) is 14.3. The first kappa shape index (κ1) is 14.4. The molecule has 2 aromatic rings. The van der Waals surface area contributed by atoms with Gasteiger partial charge in [0.25, 0.3) is 0 Å². The van der Waals surface area contributed by atoms with Gasteiger partial charge in [-0.2, -0.15) is 0 Å². The fourth-order valence-electron chi connectivity index (χ4n) is 2.56. The lowest BCUT2D eigenvalue weighted by Gasteiger charge is -2.28. The molecule has 0 atom stereocenters. The van der Waals surface area contributed by atoms with Gasteiger partial charge in [-0.25, -0.2) is 4.68 Å². The lowest BCUT2D eigenvalue weighted by molar-refractivity contribution is -0.130. The van der Waals surface area contributed by atoms with E-state index in [4.69, 9.17) is 0 Å². The van der Waals surface area contributed by atoms with Crippen LogP contribution in [-0.2, 0) is 11.2 Å². The van der Waals surface area contributed by atoms with Gasteiger partial charge in [-0.1, -0.05) is 23.3 Å². The monoisotopic (exact) mass is 297 g/mol. The number of carbonyl (C=O) groups is 1. The predicted octanol–water partition coefficient (Wildman–Crippen LogP) is 1.77. The van der Waals surface area contributed by atoms with Crippen molar-refractivity contribution in [3.05, 3.63) is 47.3 Å². The largest absolute Gasteiger partial charge is 0.338 e. The molecule has 0 radical (unpaired) electrons. The van der Waals surface area contributed by atoms with Crippen LogP contribution in [0.2, 0.25) is 0 Å². The van der Waals surface area contributed by atoms with Crippen molar-refractivity contribution in [2.75, 3.05) is 13.1 Å². The van der Waals surface area contributed by atoms with Crippen molar-refractivity contribution in [3.8, 4) is 5.69 Å². The van der Waals surface area contributed by atoms with Gasteiger partial charge in [0.2, 0.25) is 5.91 Å². The molecule has 1 aliphatic heterocycles. The van der Waals surface area contributed by atoms with E-state index in [9.17, 15) is 4.79 Å². The van der Waals surface area contributed by atoms with Crippen LogP contribution in [0.15, 0.2) is 41.7 Å². The summed E-state index contributed by atoms with van der Waals surface area (Å²) in [6.45, 7) is 5.84. The fraction of sp³-hybridized carbons (Fsp3) is 0.375. The van der Waals surface area contributed by atoms with Crippen LogP contribution in [0.5, 0.6) is 0 Å². The Kier molecular flexibility index (Phi) is 4.00. The standard InChI is InChI=1S/C16H19N5O/c1-12-7-8-20(10-13(12)2)16(22)9-14-3-5-15(6-4-14)21-11-17-18-19-21/h3-6,11H,7-10H2,1-2H3. The SMILES string of the molecule is CC1=C(C)CN(C(=O)Cc2ccc(-n3cnnn3)cc2)CC1. The van der Waals surface area contributed by atoms with Crippen molar-refractivity contribution in [2.45, 2.75) is 26.7 Å². The fourth-order valence-corrected chi connectivity index (χ4v) is 2.56. The molecule has 114 valence electrons. The van der Waals surface area contributed by atoms with Gasteiger partial charge in [-0.05, 0) is 48.4 Å². The van der Waals surface area contributed by atoms with Gasteiger partial charge < -0.3 is 4.90 Å². The van der Waals surface area contributed by atoms with Crippen LogP contribution in [0.25, 0.3) is 5.69 Å². The summed E-state index contributed by atoms with van der Waals surface area (Å²) >= 11 is 0. The van der Waals surface area contributed by atoms with Crippen LogP contribution in [-0.4, -0.2) is 44.1 Å². The third-order valence-corrected chi connectivity index (χ3v) is 4.17. The number of hydrogen-bond acceptors (Lipinski definition) is 4. The van der Waals surface area contributed by atoms with Gasteiger partial charge in [-0.3, -0.25) is 4.79 Å². The van der Waals surface area contributed by atoms with Crippen LogP contribution in [0, 0.1) is 0 Å². The first-order chi connectivity index (χ1) is 10.6. The highest BCUT2D eigenvalue weighted by Crippen LogP contribution is 2.18. The number of rotatable bonds is 3. The summed E-state index contributed by atoms with van der Waals surface area (Å²) in [5.41, 5.74) is 4.61. The summed E-state index contributed by atoms with van der Waals surface area (Å²) in [7, 11) is 0. The summed E-state index contributed by atoms with van der Waals surface area (Å²) < 4.78 is 1.59. The van der Waals surface area contributed by atoms with E-state index in [0.29, 0.717) is 6.42 Å². The van der Waals surface area contributed by atoms with Crippen LogP contribution < -0.4 is 0 Å². The Bertz CT molecular complexity index is 688. The molecule has 1 aliphatic rings. The molecule has 1 aromatic carbocycles. The molecule has 3 rings (SSSR count). The van der Waals surface area contributed by atoms with Crippen LogP contribution in [0.3, 0.4) is 0 Å². The van der Waals surface area contributed by atoms with Crippen molar-refractivity contribution in [2.24, 2.45) is 0 Å². The Hall–Kier alpha value is -2.50. The maximum Gasteiger partial charge on any atom is 0.227 e. The zero-order valence-corrected chi connectivity index (χ0v) is 12.9. The highest BCUT2D eigenvalue weighted by molar-refractivity contribution is 5.79. The second-order valence-corrected chi connectivity index (χ2v) is 5.72.